The number of rotatable bonds is 5. The number of H-pyrrole nitrogens is 1. The number of hydrogen-bond donors (Lipinski definition) is 2. The fourth-order valence-corrected chi connectivity index (χ4v) is 2.15. The molecule has 1 amide bonds. The molecule has 7 heteroatoms. The Morgan fingerprint density at radius 2 is 2.55 bits per heavy atom. The molecule has 20 heavy (non-hydrogen) atoms. The number of carbonyl (C=O) groups is 1. The summed E-state index contributed by atoms with van der Waals surface area (Å²) in [5.74, 6) is 1.31. The van der Waals surface area contributed by atoms with Crippen molar-refractivity contribution in [3.05, 3.63) is 35.8 Å². The molecule has 2 N–H and O–H groups in total. The van der Waals surface area contributed by atoms with Crippen LogP contribution < -0.4 is 5.32 Å². The normalized spacial score (nSPS) is 10.6. The molecule has 2 heterocycles. The summed E-state index contributed by atoms with van der Waals surface area (Å²) >= 11 is 1.44. The van der Waals surface area contributed by atoms with Crippen molar-refractivity contribution in [2.45, 2.75) is 11.9 Å². The third kappa shape index (κ3) is 3.30. The number of amides is 1. The standard InChI is InChI=1S/C13H12N4O2S/c1-2-20-13-10(8-14)12(16-17-13)15-11(18)6-5-9-4-3-7-19-9/h3-7H,2H2,1H3,(H2,15,16,17,18)/b6-5+. The summed E-state index contributed by atoms with van der Waals surface area (Å²) in [5, 5.41) is 18.9. The SMILES string of the molecule is CCSc1n[nH]c(NC(=O)/C=C/c2ccco2)c1C#N. The maximum atomic E-state index is 11.7. The van der Waals surface area contributed by atoms with Gasteiger partial charge in [0.1, 0.15) is 28.2 Å². The lowest BCUT2D eigenvalue weighted by Gasteiger charge is -1.98. The van der Waals surface area contributed by atoms with Crippen molar-refractivity contribution in [3.8, 4) is 6.07 Å². The van der Waals surface area contributed by atoms with Crippen LogP contribution in [-0.2, 0) is 4.79 Å². The summed E-state index contributed by atoms with van der Waals surface area (Å²) < 4.78 is 5.07. The van der Waals surface area contributed by atoms with Gasteiger partial charge in [0, 0.05) is 6.08 Å². The van der Waals surface area contributed by atoms with Crippen molar-refractivity contribution in [3.63, 3.8) is 0 Å². The molecule has 2 aromatic heterocycles. The van der Waals surface area contributed by atoms with Gasteiger partial charge in [-0.3, -0.25) is 9.89 Å². The van der Waals surface area contributed by atoms with E-state index in [1.54, 1.807) is 18.2 Å². The molecule has 2 aromatic rings. The van der Waals surface area contributed by atoms with E-state index in [9.17, 15) is 4.79 Å². The van der Waals surface area contributed by atoms with Gasteiger partial charge in [-0.2, -0.15) is 10.4 Å². The molecule has 0 fully saturated rings. The van der Waals surface area contributed by atoms with Gasteiger partial charge < -0.3 is 9.73 Å². The van der Waals surface area contributed by atoms with Crippen LogP contribution in [0.2, 0.25) is 0 Å². The number of carbonyl (C=O) groups excluding carboxylic acids is 1. The predicted octanol–water partition coefficient (Wildman–Crippen LogP) is 2.64. The number of hydrogen-bond acceptors (Lipinski definition) is 5. The third-order valence-corrected chi connectivity index (χ3v) is 3.17. The van der Waals surface area contributed by atoms with E-state index in [4.69, 9.17) is 9.68 Å². The first-order valence-electron chi connectivity index (χ1n) is 5.88. The van der Waals surface area contributed by atoms with Gasteiger partial charge in [0.25, 0.3) is 0 Å². The van der Waals surface area contributed by atoms with E-state index in [2.05, 4.69) is 15.5 Å². The van der Waals surface area contributed by atoms with Crippen molar-refractivity contribution < 1.29 is 9.21 Å². The lowest BCUT2D eigenvalue weighted by Crippen LogP contribution is -2.09. The van der Waals surface area contributed by atoms with Gasteiger partial charge in [0.05, 0.1) is 6.26 Å². The summed E-state index contributed by atoms with van der Waals surface area (Å²) in [6.07, 6.45) is 4.39. The Labute approximate surface area is 119 Å². The first-order chi connectivity index (χ1) is 9.74. The molecule has 0 saturated heterocycles. The van der Waals surface area contributed by atoms with Crippen LogP contribution in [0.15, 0.2) is 33.9 Å². The van der Waals surface area contributed by atoms with Crippen molar-refractivity contribution in [1.29, 1.82) is 5.26 Å². The van der Waals surface area contributed by atoms with Crippen LogP contribution in [0, 0.1) is 11.3 Å². The predicted molar refractivity (Wildman–Crippen MR) is 76.1 cm³/mol. The van der Waals surface area contributed by atoms with E-state index in [-0.39, 0.29) is 5.91 Å². The molecule has 2 rings (SSSR count). The maximum Gasteiger partial charge on any atom is 0.249 e. The number of nitrogens with one attached hydrogen (secondary N) is 2. The topological polar surface area (TPSA) is 94.7 Å². The van der Waals surface area contributed by atoms with Gasteiger partial charge >= 0.3 is 0 Å². The first-order valence-corrected chi connectivity index (χ1v) is 6.87. The number of furan rings is 1. The summed E-state index contributed by atoms with van der Waals surface area (Å²) in [7, 11) is 0. The largest absolute Gasteiger partial charge is 0.465 e. The van der Waals surface area contributed by atoms with Gasteiger partial charge in [-0.15, -0.1) is 11.8 Å². The molecule has 0 aliphatic carbocycles. The Morgan fingerprint density at radius 1 is 1.70 bits per heavy atom. The number of aromatic amines is 1. The third-order valence-electron chi connectivity index (χ3n) is 2.32. The summed E-state index contributed by atoms with van der Waals surface area (Å²) in [6, 6.07) is 5.50. The van der Waals surface area contributed by atoms with Crippen LogP contribution in [0.1, 0.15) is 18.2 Å². The Kier molecular flexibility index (Phi) is 4.63. The van der Waals surface area contributed by atoms with Crippen LogP contribution in [0.25, 0.3) is 6.08 Å². The minimum atomic E-state index is -0.366. The van der Waals surface area contributed by atoms with Crippen LogP contribution in [0.4, 0.5) is 5.82 Å². The molecule has 0 aromatic carbocycles. The van der Waals surface area contributed by atoms with Crippen molar-refractivity contribution in [2.24, 2.45) is 0 Å². The van der Waals surface area contributed by atoms with Gasteiger partial charge in [0.15, 0.2) is 0 Å². The lowest BCUT2D eigenvalue weighted by atomic mass is 10.3. The molecule has 0 unspecified atom stereocenters. The number of nitrogens with zero attached hydrogens (tertiary/aromatic N) is 2. The quantitative estimate of drug-likeness (QED) is 0.651. The van der Waals surface area contributed by atoms with E-state index >= 15 is 0 Å². The molecule has 0 atom stereocenters. The molecular weight excluding hydrogens is 276 g/mol. The highest BCUT2D eigenvalue weighted by Gasteiger charge is 2.14. The highest BCUT2D eigenvalue weighted by atomic mass is 32.2. The molecule has 6 nitrogen and oxygen atoms in total. The fourth-order valence-electron chi connectivity index (χ4n) is 1.47. The van der Waals surface area contributed by atoms with Crippen LogP contribution in [0.3, 0.4) is 0 Å². The van der Waals surface area contributed by atoms with Crippen LogP contribution >= 0.6 is 11.8 Å². The van der Waals surface area contributed by atoms with Crippen molar-refractivity contribution in [2.75, 3.05) is 11.1 Å². The highest BCUT2D eigenvalue weighted by Crippen LogP contribution is 2.24. The minimum absolute atomic E-state index is 0.303. The smallest absolute Gasteiger partial charge is 0.249 e. The van der Waals surface area contributed by atoms with E-state index in [1.165, 1.54) is 24.1 Å². The second-order valence-electron chi connectivity index (χ2n) is 3.66. The number of nitriles is 1. The molecular formula is C13H12N4O2S. The van der Waals surface area contributed by atoms with Crippen molar-refractivity contribution >= 4 is 29.6 Å². The summed E-state index contributed by atoms with van der Waals surface area (Å²) in [6.45, 7) is 1.96. The lowest BCUT2D eigenvalue weighted by molar-refractivity contribution is -0.111. The van der Waals surface area contributed by atoms with Gasteiger partial charge in [-0.25, -0.2) is 0 Å². The molecule has 102 valence electrons. The monoisotopic (exact) mass is 288 g/mol. The fraction of sp³-hybridized carbons (Fsp3) is 0.154. The molecule has 0 radical (unpaired) electrons. The molecule has 0 aliphatic heterocycles. The number of aromatic nitrogens is 2. The first kappa shape index (κ1) is 14.0. The van der Waals surface area contributed by atoms with Gasteiger partial charge in [0.2, 0.25) is 5.91 Å². The van der Waals surface area contributed by atoms with E-state index in [0.717, 1.165) is 5.75 Å². The average molecular weight is 288 g/mol. The second-order valence-corrected chi connectivity index (χ2v) is 4.91. The molecule has 0 saturated carbocycles. The number of anilines is 1. The minimum Gasteiger partial charge on any atom is -0.465 e. The average Bonchev–Trinajstić information content (AvgIpc) is 3.07. The van der Waals surface area contributed by atoms with Crippen LogP contribution in [-0.4, -0.2) is 21.9 Å². The molecule has 0 spiro atoms. The van der Waals surface area contributed by atoms with E-state index in [0.29, 0.717) is 22.2 Å². The summed E-state index contributed by atoms with van der Waals surface area (Å²) in [5.41, 5.74) is 0.344. The van der Waals surface area contributed by atoms with Crippen molar-refractivity contribution in [1.82, 2.24) is 10.2 Å². The van der Waals surface area contributed by atoms with Gasteiger partial charge in [-0.05, 0) is 24.0 Å². The molecule has 0 bridgehead atoms. The maximum absolute atomic E-state index is 11.7. The molecule has 0 aliphatic rings. The zero-order chi connectivity index (χ0) is 14.4. The summed E-state index contributed by atoms with van der Waals surface area (Å²) in [4.78, 5) is 11.7. The highest BCUT2D eigenvalue weighted by molar-refractivity contribution is 7.99. The number of thioether (sulfide) groups is 1. The Balaban J connectivity index is 2.06. The Morgan fingerprint density at radius 3 is 3.20 bits per heavy atom. The zero-order valence-electron chi connectivity index (χ0n) is 10.7. The second kappa shape index (κ2) is 6.63. The van der Waals surface area contributed by atoms with E-state index in [1.807, 2.05) is 13.0 Å². The zero-order valence-corrected chi connectivity index (χ0v) is 11.5. The Hall–Kier alpha value is -2.46. The Bertz CT molecular complexity index is 652. The van der Waals surface area contributed by atoms with Gasteiger partial charge in [-0.1, -0.05) is 6.92 Å². The van der Waals surface area contributed by atoms with E-state index < -0.39 is 0 Å². The van der Waals surface area contributed by atoms with Crippen LogP contribution in [0.5, 0.6) is 0 Å².